The zero-order chi connectivity index (χ0) is 9.19. The van der Waals surface area contributed by atoms with Gasteiger partial charge in [-0.2, -0.15) is 0 Å². The molecule has 0 N–H and O–H groups in total. The molecule has 0 spiro atoms. The highest BCUT2D eigenvalue weighted by Gasteiger charge is 2.57. The predicted octanol–water partition coefficient (Wildman–Crippen LogP) is 2.15. The van der Waals surface area contributed by atoms with Gasteiger partial charge in [-0.3, -0.25) is 4.79 Å². The van der Waals surface area contributed by atoms with Crippen molar-refractivity contribution >= 4 is 5.97 Å². The largest absolute Gasteiger partial charge is 0.466 e. The smallest absolute Gasteiger partial charge is 0.312 e. The number of allylic oxidation sites excluding steroid dienone is 1. The molecule has 0 aliphatic heterocycles. The van der Waals surface area contributed by atoms with Gasteiger partial charge < -0.3 is 4.74 Å². The Morgan fingerprint density at radius 2 is 2.42 bits per heavy atom. The molecule has 0 aromatic heterocycles. The normalized spacial score (nSPS) is 32.7. The summed E-state index contributed by atoms with van der Waals surface area (Å²) in [6, 6.07) is 0. The first-order valence-electron chi connectivity index (χ1n) is 4.51. The lowest BCUT2D eigenvalue weighted by atomic mass is 10.0. The summed E-state index contributed by atoms with van der Waals surface area (Å²) in [5.74, 6) is 0.305. The molecular weight excluding hydrogens is 152 g/mol. The van der Waals surface area contributed by atoms with Gasteiger partial charge >= 0.3 is 5.97 Å². The van der Waals surface area contributed by atoms with Crippen molar-refractivity contribution in [2.24, 2.45) is 11.3 Å². The highest BCUT2D eigenvalue weighted by molar-refractivity contribution is 5.81. The molecule has 0 heterocycles. The van der Waals surface area contributed by atoms with Gasteiger partial charge in [0.15, 0.2) is 0 Å². The third kappa shape index (κ3) is 1.26. The Labute approximate surface area is 73.6 Å². The lowest BCUT2D eigenvalue weighted by Crippen LogP contribution is -2.20. The van der Waals surface area contributed by atoms with Crippen LogP contribution >= 0.6 is 0 Å². The Balaban J connectivity index is 2.58. The molecule has 2 heteroatoms. The third-order valence-corrected chi connectivity index (χ3v) is 2.73. The molecule has 12 heavy (non-hydrogen) atoms. The molecule has 2 unspecified atom stereocenters. The third-order valence-electron chi connectivity index (χ3n) is 2.73. The molecule has 0 saturated heterocycles. The van der Waals surface area contributed by atoms with E-state index < -0.39 is 0 Å². The summed E-state index contributed by atoms with van der Waals surface area (Å²) < 4.78 is 5.01. The number of hydrogen-bond acceptors (Lipinski definition) is 2. The second-order valence-electron chi connectivity index (χ2n) is 3.28. The van der Waals surface area contributed by atoms with E-state index in [4.69, 9.17) is 4.74 Å². The van der Waals surface area contributed by atoms with Gasteiger partial charge in [0, 0.05) is 0 Å². The van der Waals surface area contributed by atoms with E-state index in [0.29, 0.717) is 12.5 Å². The second-order valence-corrected chi connectivity index (χ2v) is 3.28. The Morgan fingerprint density at radius 3 is 2.75 bits per heavy atom. The van der Waals surface area contributed by atoms with E-state index in [1.54, 1.807) is 0 Å². The molecule has 0 amide bonds. The average Bonchev–Trinajstić information content (AvgIpc) is 2.80. The standard InChI is InChI=1S/C10H16O2/c1-4-8-7-10(8,5-2)9(11)12-6-3/h4,8H,1,5-7H2,2-3H3. The second kappa shape index (κ2) is 3.30. The van der Waals surface area contributed by atoms with Crippen LogP contribution in [-0.4, -0.2) is 12.6 Å². The van der Waals surface area contributed by atoms with Gasteiger partial charge in [-0.1, -0.05) is 13.0 Å². The fraction of sp³-hybridized carbons (Fsp3) is 0.700. The zero-order valence-corrected chi connectivity index (χ0v) is 7.80. The maximum absolute atomic E-state index is 11.5. The molecular formula is C10H16O2. The summed E-state index contributed by atoms with van der Waals surface area (Å²) in [6.45, 7) is 8.05. The topological polar surface area (TPSA) is 26.3 Å². The van der Waals surface area contributed by atoms with E-state index in [0.717, 1.165) is 12.8 Å². The number of rotatable bonds is 4. The lowest BCUT2D eigenvalue weighted by Gasteiger charge is -2.11. The van der Waals surface area contributed by atoms with Crippen molar-refractivity contribution in [3.8, 4) is 0 Å². The van der Waals surface area contributed by atoms with Gasteiger partial charge in [-0.25, -0.2) is 0 Å². The van der Waals surface area contributed by atoms with Gasteiger partial charge in [0.05, 0.1) is 12.0 Å². The van der Waals surface area contributed by atoms with Crippen LogP contribution in [0.3, 0.4) is 0 Å². The van der Waals surface area contributed by atoms with Gasteiger partial charge in [-0.05, 0) is 25.7 Å². The maximum Gasteiger partial charge on any atom is 0.312 e. The summed E-state index contributed by atoms with van der Waals surface area (Å²) in [5.41, 5.74) is -0.211. The molecule has 0 aromatic rings. The summed E-state index contributed by atoms with van der Waals surface area (Å²) >= 11 is 0. The maximum atomic E-state index is 11.5. The highest BCUT2D eigenvalue weighted by atomic mass is 16.5. The molecule has 0 aromatic carbocycles. The van der Waals surface area contributed by atoms with Crippen molar-refractivity contribution in [3.05, 3.63) is 12.7 Å². The molecule has 0 bridgehead atoms. The summed E-state index contributed by atoms with van der Waals surface area (Å²) in [5, 5.41) is 0. The van der Waals surface area contributed by atoms with E-state index in [1.165, 1.54) is 0 Å². The molecule has 68 valence electrons. The molecule has 0 radical (unpaired) electrons. The number of carbonyl (C=O) groups excluding carboxylic acids is 1. The minimum atomic E-state index is -0.211. The van der Waals surface area contributed by atoms with E-state index in [2.05, 4.69) is 6.58 Å². The van der Waals surface area contributed by atoms with E-state index in [9.17, 15) is 4.79 Å². The lowest BCUT2D eigenvalue weighted by molar-refractivity contribution is -0.150. The summed E-state index contributed by atoms with van der Waals surface area (Å²) in [6.07, 6.45) is 3.65. The van der Waals surface area contributed by atoms with E-state index >= 15 is 0 Å². The fourth-order valence-corrected chi connectivity index (χ4v) is 1.70. The van der Waals surface area contributed by atoms with Crippen molar-refractivity contribution in [1.82, 2.24) is 0 Å². The van der Waals surface area contributed by atoms with Gasteiger partial charge in [0.25, 0.3) is 0 Å². The minimum absolute atomic E-state index is 0.0441. The Kier molecular flexibility index (Phi) is 2.55. The fourth-order valence-electron chi connectivity index (χ4n) is 1.70. The van der Waals surface area contributed by atoms with Crippen molar-refractivity contribution in [2.75, 3.05) is 6.61 Å². The molecule has 1 saturated carbocycles. The van der Waals surface area contributed by atoms with Crippen LogP contribution in [0.2, 0.25) is 0 Å². The number of esters is 1. The van der Waals surface area contributed by atoms with Crippen LogP contribution in [0.15, 0.2) is 12.7 Å². The minimum Gasteiger partial charge on any atom is -0.466 e. The van der Waals surface area contributed by atoms with Crippen molar-refractivity contribution < 1.29 is 9.53 Å². The van der Waals surface area contributed by atoms with Crippen molar-refractivity contribution in [2.45, 2.75) is 26.7 Å². The quantitative estimate of drug-likeness (QED) is 0.475. The Hall–Kier alpha value is -0.790. The Morgan fingerprint density at radius 1 is 1.75 bits per heavy atom. The van der Waals surface area contributed by atoms with E-state index in [-0.39, 0.29) is 11.4 Å². The molecule has 1 aliphatic rings. The van der Waals surface area contributed by atoms with Crippen molar-refractivity contribution in [3.63, 3.8) is 0 Å². The van der Waals surface area contributed by atoms with Crippen LogP contribution in [0.4, 0.5) is 0 Å². The molecule has 1 fully saturated rings. The Bertz CT molecular complexity index is 198. The number of carbonyl (C=O) groups is 1. The summed E-state index contributed by atoms with van der Waals surface area (Å²) in [4.78, 5) is 11.5. The number of ether oxygens (including phenoxy) is 1. The first-order chi connectivity index (χ1) is 5.71. The predicted molar refractivity (Wildman–Crippen MR) is 47.7 cm³/mol. The molecule has 1 aliphatic carbocycles. The van der Waals surface area contributed by atoms with Gasteiger partial charge in [0.2, 0.25) is 0 Å². The van der Waals surface area contributed by atoms with E-state index in [1.807, 2.05) is 19.9 Å². The molecule has 1 rings (SSSR count). The monoisotopic (exact) mass is 168 g/mol. The SMILES string of the molecule is C=CC1CC1(CC)C(=O)OCC. The van der Waals surface area contributed by atoms with Crippen molar-refractivity contribution in [1.29, 1.82) is 0 Å². The van der Waals surface area contributed by atoms with Crippen LogP contribution in [0.5, 0.6) is 0 Å². The highest BCUT2D eigenvalue weighted by Crippen LogP contribution is 2.56. The first kappa shape index (κ1) is 9.30. The van der Waals surface area contributed by atoms with Gasteiger partial charge in [-0.15, -0.1) is 6.58 Å². The zero-order valence-electron chi connectivity index (χ0n) is 7.80. The van der Waals surface area contributed by atoms with Crippen LogP contribution < -0.4 is 0 Å². The van der Waals surface area contributed by atoms with Crippen LogP contribution in [0.1, 0.15) is 26.7 Å². The average molecular weight is 168 g/mol. The molecule has 2 atom stereocenters. The first-order valence-corrected chi connectivity index (χ1v) is 4.51. The van der Waals surface area contributed by atoms with Crippen LogP contribution in [-0.2, 0) is 9.53 Å². The van der Waals surface area contributed by atoms with Gasteiger partial charge in [0.1, 0.15) is 0 Å². The molecule has 2 nitrogen and oxygen atoms in total. The summed E-state index contributed by atoms with van der Waals surface area (Å²) in [7, 11) is 0. The van der Waals surface area contributed by atoms with Crippen LogP contribution in [0.25, 0.3) is 0 Å². The van der Waals surface area contributed by atoms with Crippen LogP contribution in [0, 0.1) is 11.3 Å². The number of hydrogen-bond donors (Lipinski definition) is 0.